The number of likely N-dealkylation sites (tertiary alicyclic amines) is 1. The maximum atomic E-state index is 2.58. The highest BCUT2D eigenvalue weighted by Crippen LogP contribution is 2.30. The van der Waals surface area contributed by atoms with Crippen molar-refractivity contribution < 1.29 is 0 Å². The van der Waals surface area contributed by atoms with Crippen LogP contribution in [-0.2, 0) is 0 Å². The Hall–Kier alpha value is -0.460. The minimum absolute atomic E-state index is 0.841. The molecule has 1 aliphatic carbocycles. The standard InChI is InChI=1S/C10H17N/c1-9-5-4-6-10(9)11-7-2-3-8-11/h6,9H,2-5,7-8H2,1H3. The number of allylic oxidation sites excluding steroid dienone is 2. The molecule has 11 heavy (non-hydrogen) atoms. The van der Waals surface area contributed by atoms with E-state index in [0.717, 1.165) is 5.92 Å². The Morgan fingerprint density at radius 1 is 1.36 bits per heavy atom. The van der Waals surface area contributed by atoms with E-state index >= 15 is 0 Å². The first-order valence-electron chi connectivity index (χ1n) is 4.83. The molecule has 1 nitrogen and oxygen atoms in total. The van der Waals surface area contributed by atoms with Crippen molar-refractivity contribution in [2.45, 2.75) is 32.6 Å². The van der Waals surface area contributed by atoms with E-state index in [9.17, 15) is 0 Å². The van der Waals surface area contributed by atoms with Crippen LogP contribution >= 0.6 is 0 Å². The first kappa shape index (κ1) is 7.20. The zero-order valence-electron chi connectivity index (χ0n) is 7.34. The average molecular weight is 151 g/mol. The lowest BCUT2D eigenvalue weighted by molar-refractivity contribution is 0.378. The van der Waals surface area contributed by atoms with Crippen LogP contribution in [0.3, 0.4) is 0 Å². The van der Waals surface area contributed by atoms with Crippen molar-refractivity contribution in [3.63, 3.8) is 0 Å². The van der Waals surface area contributed by atoms with E-state index in [1.807, 2.05) is 0 Å². The van der Waals surface area contributed by atoms with Crippen LogP contribution in [0.25, 0.3) is 0 Å². The molecule has 1 unspecified atom stereocenters. The molecule has 2 aliphatic rings. The van der Waals surface area contributed by atoms with Gasteiger partial charge in [0.15, 0.2) is 0 Å². The molecule has 1 atom stereocenters. The third-order valence-electron chi connectivity index (χ3n) is 2.93. The molecule has 0 N–H and O–H groups in total. The third kappa shape index (κ3) is 1.29. The summed E-state index contributed by atoms with van der Waals surface area (Å²) in [6, 6.07) is 0. The van der Waals surface area contributed by atoms with Crippen molar-refractivity contribution in [2.24, 2.45) is 5.92 Å². The molecule has 1 aliphatic heterocycles. The highest BCUT2D eigenvalue weighted by Gasteiger charge is 2.22. The molecule has 1 heterocycles. The summed E-state index contributed by atoms with van der Waals surface area (Å²) in [5, 5.41) is 0. The molecule has 0 aromatic rings. The van der Waals surface area contributed by atoms with E-state index in [2.05, 4.69) is 17.9 Å². The molecular weight excluding hydrogens is 134 g/mol. The molecule has 0 radical (unpaired) electrons. The first-order chi connectivity index (χ1) is 5.38. The van der Waals surface area contributed by atoms with Gasteiger partial charge in [0, 0.05) is 18.8 Å². The molecule has 0 spiro atoms. The minimum atomic E-state index is 0.841. The van der Waals surface area contributed by atoms with Crippen LogP contribution in [0.1, 0.15) is 32.6 Å². The topological polar surface area (TPSA) is 3.24 Å². The second-order valence-corrected chi connectivity index (χ2v) is 3.80. The fourth-order valence-electron chi connectivity index (χ4n) is 2.25. The highest BCUT2D eigenvalue weighted by atomic mass is 15.2. The molecule has 2 rings (SSSR count). The summed E-state index contributed by atoms with van der Waals surface area (Å²) in [7, 11) is 0. The molecule has 62 valence electrons. The Labute approximate surface area is 69.1 Å². The van der Waals surface area contributed by atoms with Crippen LogP contribution in [0.5, 0.6) is 0 Å². The van der Waals surface area contributed by atoms with Gasteiger partial charge in [-0.2, -0.15) is 0 Å². The van der Waals surface area contributed by atoms with Crippen molar-refractivity contribution >= 4 is 0 Å². The fourth-order valence-corrected chi connectivity index (χ4v) is 2.25. The quantitative estimate of drug-likeness (QED) is 0.556. The molecule has 1 saturated heterocycles. The SMILES string of the molecule is CC1CCC=C1N1CCCC1. The Morgan fingerprint density at radius 3 is 2.64 bits per heavy atom. The number of nitrogens with zero attached hydrogens (tertiary/aromatic N) is 1. The summed E-state index contributed by atoms with van der Waals surface area (Å²) < 4.78 is 0. The largest absolute Gasteiger partial charge is 0.375 e. The maximum Gasteiger partial charge on any atom is 0.0175 e. The Balaban J connectivity index is 2.02. The average Bonchev–Trinajstić information content (AvgIpc) is 2.55. The van der Waals surface area contributed by atoms with Gasteiger partial charge >= 0.3 is 0 Å². The minimum Gasteiger partial charge on any atom is -0.375 e. The van der Waals surface area contributed by atoms with Gasteiger partial charge in [-0.3, -0.25) is 0 Å². The lowest BCUT2D eigenvalue weighted by Gasteiger charge is -2.22. The normalized spacial score (nSPS) is 31.2. The molecule has 0 aromatic heterocycles. The summed E-state index contributed by atoms with van der Waals surface area (Å²) in [4.78, 5) is 2.58. The second-order valence-electron chi connectivity index (χ2n) is 3.80. The third-order valence-corrected chi connectivity index (χ3v) is 2.93. The smallest absolute Gasteiger partial charge is 0.0175 e. The zero-order valence-corrected chi connectivity index (χ0v) is 7.34. The van der Waals surface area contributed by atoms with Crippen molar-refractivity contribution in [2.75, 3.05) is 13.1 Å². The monoisotopic (exact) mass is 151 g/mol. The molecule has 1 heteroatoms. The van der Waals surface area contributed by atoms with Crippen molar-refractivity contribution in [3.05, 3.63) is 11.8 Å². The Kier molecular flexibility index (Phi) is 1.89. The molecular formula is C10H17N. The molecule has 0 aromatic carbocycles. The molecule has 1 fully saturated rings. The van der Waals surface area contributed by atoms with E-state index in [1.54, 1.807) is 5.70 Å². The van der Waals surface area contributed by atoms with Gasteiger partial charge in [-0.15, -0.1) is 0 Å². The predicted octanol–water partition coefficient (Wildman–Crippen LogP) is 2.40. The predicted molar refractivity (Wildman–Crippen MR) is 47.3 cm³/mol. The molecule has 0 saturated carbocycles. The summed E-state index contributed by atoms with van der Waals surface area (Å²) in [6.45, 7) is 4.99. The summed E-state index contributed by atoms with van der Waals surface area (Å²) in [5.41, 5.74) is 1.64. The number of hydrogen-bond acceptors (Lipinski definition) is 1. The number of hydrogen-bond donors (Lipinski definition) is 0. The van der Waals surface area contributed by atoms with Crippen LogP contribution in [0.2, 0.25) is 0 Å². The van der Waals surface area contributed by atoms with Crippen LogP contribution in [0.15, 0.2) is 11.8 Å². The van der Waals surface area contributed by atoms with Gasteiger partial charge in [-0.25, -0.2) is 0 Å². The van der Waals surface area contributed by atoms with E-state index in [0.29, 0.717) is 0 Å². The van der Waals surface area contributed by atoms with Crippen LogP contribution in [0, 0.1) is 5.92 Å². The molecule has 0 bridgehead atoms. The van der Waals surface area contributed by atoms with Crippen molar-refractivity contribution in [3.8, 4) is 0 Å². The summed E-state index contributed by atoms with van der Waals surface area (Å²) in [5.74, 6) is 0.841. The van der Waals surface area contributed by atoms with Gasteiger partial charge in [0.1, 0.15) is 0 Å². The fraction of sp³-hybridized carbons (Fsp3) is 0.800. The Morgan fingerprint density at radius 2 is 2.09 bits per heavy atom. The van der Waals surface area contributed by atoms with Gasteiger partial charge in [-0.05, 0) is 31.6 Å². The van der Waals surface area contributed by atoms with Gasteiger partial charge in [-0.1, -0.05) is 13.0 Å². The van der Waals surface area contributed by atoms with E-state index in [-0.39, 0.29) is 0 Å². The van der Waals surface area contributed by atoms with Crippen molar-refractivity contribution in [1.82, 2.24) is 4.90 Å². The molecule has 0 amide bonds. The lowest BCUT2D eigenvalue weighted by atomic mass is 10.1. The van der Waals surface area contributed by atoms with Gasteiger partial charge in [0.25, 0.3) is 0 Å². The first-order valence-corrected chi connectivity index (χ1v) is 4.83. The summed E-state index contributed by atoms with van der Waals surface area (Å²) in [6.07, 6.45) is 7.95. The highest BCUT2D eigenvalue weighted by molar-refractivity contribution is 5.11. The van der Waals surface area contributed by atoms with Crippen LogP contribution in [0.4, 0.5) is 0 Å². The van der Waals surface area contributed by atoms with Crippen molar-refractivity contribution in [1.29, 1.82) is 0 Å². The van der Waals surface area contributed by atoms with Crippen LogP contribution < -0.4 is 0 Å². The van der Waals surface area contributed by atoms with Crippen LogP contribution in [-0.4, -0.2) is 18.0 Å². The summed E-state index contributed by atoms with van der Waals surface area (Å²) >= 11 is 0. The van der Waals surface area contributed by atoms with Gasteiger partial charge < -0.3 is 4.90 Å². The Bertz CT molecular complexity index is 166. The van der Waals surface area contributed by atoms with Gasteiger partial charge in [0.2, 0.25) is 0 Å². The lowest BCUT2D eigenvalue weighted by Crippen LogP contribution is -2.20. The number of rotatable bonds is 1. The maximum absolute atomic E-state index is 2.58. The second kappa shape index (κ2) is 2.88. The zero-order chi connectivity index (χ0) is 7.68. The van der Waals surface area contributed by atoms with E-state index in [1.165, 1.54) is 38.8 Å². The van der Waals surface area contributed by atoms with Gasteiger partial charge in [0.05, 0.1) is 0 Å². The van der Waals surface area contributed by atoms with E-state index < -0.39 is 0 Å². The van der Waals surface area contributed by atoms with E-state index in [4.69, 9.17) is 0 Å².